The van der Waals surface area contributed by atoms with E-state index in [1.165, 1.54) is 29.4 Å². The number of aromatic nitrogens is 5. The number of H-pyrrole nitrogens is 1. The van der Waals surface area contributed by atoms with E-state index in [0.717, 1.165) is 12.0 Å². The van der Waals surface area contributed by atoms with Crippen LogP contribution in [0.15, 0.2) is 59.8 Å². The van der Waals surface area contributed by atoms with E-state index < -0.39 is 42.0 Å². The number of alkyl carbamates (subject to hydrolysis) is 2. The van der Waals surface area contributed by atoms with Gasteiger partial charge in [-0.25, -0.2) is 28.9 Å². The number of hydrogen-bond acceptors (Lipinski definition) is 11. The normalized spacial score (nSPS) is 17.5. The summed E-state index contributed by atoms with van der Waals surface area (Å²) in [6.45, 7) is 13.6. The molecule has 0 saturated carbocycles. The van der Waals surface area contributed by atoms with Gasteiger partial charge in [0.2, 0.25) is 11.8 Å². The first kappa shape index (κ1) is 45.1. The minimum atomic E-state index is -0.846. The standard InChI is InChI=1S/C44H57N9O9/c1-25(2)35(48-41(57)60-8)39(55)50-19-10-12-30(50)37-45-24-33(47-37)52-21-18-29(22-34(52)54)27-14-16-28(17-15-27)32-23-46-38(53(32)43(59)62-44(5,6)7)31-13-11-20-51(31)40(56)36(26(3)4)49-42(58)61-9/h14-18,21-26,30-31,35-36H,10-13,19-20H2,1-9H3,(H,45,47)(H,48,57)(H,49,58)/t30-,31-,35-,36-/m0/s1. The molecule has 62 heavy (non-hydrogen) atoms. The highest BCUT2D eigenvalue weighted by Gasteiger charge is 2.40. The first-order valence-electron chi connectivity index (χ1n) is 20.9. The fourth-order valence-electron chi connectivity index (χ4n) is 7.98. The number of amides is 4. The molecule has 0 spiro atoms. The van der Waals surface area contributed by atoms with Crippen molar-refractivity contribution in [3.63, 3.8) is 0 Å². The largest absolute Gasteiger partial charge is 0.453 e. The molecule has 2 fully saturated rings. The van der Waals surface area contributed by atoms with Crippen molar-refractivity contribution < 1.29 is 38.2 Å². The summed E-state index contributed by atoms with van der Waals surface area (Å²) in [7, 11) is 2.49. The molecular weight excluding hydrogens is 799 g/mol. The Morgan fingerprint density at radius 2 is 1.31 bits per heavy atom. The molecule has 18 nitrogen and oxygen atoms in total. The summed E-state index contributed by atoms with van der Waals surface area (Å²) in [5.74, 6) is 0.381. The van der Waals surface area contributed by atoms with Gasteiger partial charge in [-0.3, -0.25) is 19.0 Å². The number of ether oxygens (including phenoxy) is 3. The molecule has 0 radical (unpaired) electrons. The number of nitrogens with zero attached hydrogens (tertiary/aromatic N) is 6. The van der Waals surface area contributed by atoms with Crippen LogP contribution in [0.25, 0.3) is 28.2 Å². The number of hydrogen-bond donors (Lipinski definition) is 3. The van der Waals surface area contributed by atoms with Crippen LogP contribution in [0.4, 0.5) is 14.4 Å². The van der Waals surface area contributed by atoms with Crippen molar-refractivity contribution in [3.05, 3.63) is 77.0 Å². The van der Waals surface area contributed by atoms with E-state index in [1.54, 1.807) is 49.2 Å². The van der Waals surface area contributed by atoms with Crippen LogP contribution in [0.2, 0.25) is 0 Å². The Kier molecular flexibility index (Phi) is 13.6. The third kappa shape index (κ3) is 9.68. The van der Waals surface area contributed by atoms with Crippen molar-refractivity contribution in [2.24, 2.45) is 11.8 Å². The van der Waals surface area contributed by atoms with Gasteiger partial charge in [0.05, 0.1) is 44.4 Å². The van der Waals surface area contributed by atoms with E-state index in [4.69, 9.17) is 19.2 Å². The lowest BCUT2D eigenvalue weighted by molar-refractivity contribution is -0.136. The van der Waals surface area contributed by atoms with Gasteiger partial charge in [-0.1, -0.05) is 52.0 Å². The van der Waals surface area contributed by atoms with Crippen molar-refractivity contribution in [3.8, 4) is 28.2 Å². The molecular formula is C44H57N9O9. The minimum Gasteiger partial charge on any atom is -0.453 e. The second kappa shape index (κ2) is 18.7. The maximum atomic E-state index is 13.9. The van der Waals surface area contributed by atoms with E-state index in [9.17, 15) is 28.8 Å². The number of nitrogens with one attached hydrogen (secondary N) is 3. The van der Waals surface area contributed by atoms with Crippen molar-refractivity contribution in [2.75, 3.05) is 27.3 Å². The van der Waals surface area contributed by atoms with Crippen LogP contribution >= 0.6 is 0 Å². The second-order valence-electron chi connectivity index (χ2n) is 17.3. The van der Waals surface area contributed by atoms with Gasteiger partial charge < -0.3 is 39.6 Å². The van der Waals surface area contributed by atoms with Crippen LogP contribution in [0.3, 0.4) is 0 Å². The van der Waals surface area contributed by atoms with E-state index in [-0.39, 0.29) is 35.3 Å². The van der Waals surface area contributed by atoms with Crippen molar-refractivity contribution in [1.82, 2.24) is 44.5 Å². The zero-order chi connectivity index (χ0) is 45.0. The summed E-state index contributed by atoms with van der Waals surface area (Å²) < 4.78 is 18.2. The Hall–Kier alpha value is -6.46. The van der Waals surface area contributed by atoms with Gasteiger partial charge in [-0.05, 0) is 75.5 Å². The van der Waals surface area contributed by atoms with Gasteiger partial charge >= 0.3 is 18.3 Å². The number of rotatable bonds is 11. The molecule has 2 saturated heterocycles. The first-order valence-corrected chi connectivity index (χ1v) is 20.9. The Morgan fingerprint density at radius 3 is 1.84 bits per heavy atom. The Labute approximate surface area is 360 Å². The number of aromatic amines is 1. The molecule has 4 atom stereocenters. The molecule has 3 aromatic heterocycles. The van der Waals surface area contributed by atoms with Gasteiger partial charge in [0.15, 0.2) is 0 Å². The van der Waals surface area contributed by atoms with Crippen molar-refractivity contribution in [1.29, 1.82) is 0 Å². The topological polar surface area (TPSA) is 212 Å². The summed E-state index contributed by atoms with van der Waals surface area (Å²) in [6, 6.07) is 8.13. The van der Waals surface area contributed by atoms with Crippen molar-refractivity contribution >= 4 is 30.1 Å². The third-order valence-electron chi connectivity index (χ3n) is 11.1. The number of benzene rings is 1. The SMILES string of the molecule is COC(=O)N[C@H](C(=O)N1CCC[C@H]1c1ncc(-n2ccc(-c3ccc(-c4cnc([C@@H]5CCCN5C(=O)[C@@H](NC(=O)OC)C(C)C)n4C(=O)OC(C)(C)C)cc3)cc2=O)[nH]1)C(C)C. The molecule has 0 unspecified atom stereocenters. The number of carbonyl (C=O) groups is 5. The average Bonchev–Trinajstić information content (AvgIpc) is 4.07. The van der Waals surface area contributed by atoms with Crippen LogP contribution in [0.1, 0.15) is 97.9 Å². The van der Waals surface area contributed by atoms with E-state index >= 15 is 0 Å². The van der Waals surface area contributed by atoms with Crippen LogP contribution in [-0.4, -0.2) is 109 Å². The summed E-state index contributed by atoms with van der Waals surface area (Å²) in [4.78, 5) is 95.0. The lowest BCUT2D eigenvalue weighted by atomic mass is 10.0. The smallest absolute Gasteiger partial charge is 0.420 e. The van der Waals surface area contributed by atoms with E-state index in [0.29, 0.717) is 66.6 Å². The molecule has 332 valence electrons. The van der Waals surface area contributed by atoms with Gasteiger partial charge in [0.1, 0.15) is 35.2 Å². The molecule has 0 aliphatic carbocycles. The Bertz CT molecular complexity index is 2340. The lowest BCUT2D eigenvalue weighted by Gasteiger charge is -2.31. The molecule has 0 bridgehead atoms. The first-order chi connectivity index (χ1) is 29.4. The predicted octanol–water partition coefficient (Wildman–Crippen LogP) is 5.96. The minimum absolute atomic E-state index is 0.175. The highest BCUT2D eigenvalue weighted by Crippen LogP contribution is 2.36. The maximum Gasteiger partial charge on any atom is 0.420 e. The number of carbonyl (C=O) groups excluding carboxylic acids is 5. The van der Waals surface area contributed by atoms with Gasteiger partial charge in [0, 0.05) is 30.9 Å². The molecule has 3 N–H and O–H groups in total. The van der Waals surface area contributed by atoms with E-state index in [1.807, 2.05) is 58.0 Å². The zero-order valence-electron chi connectivity index (χ0n) is 36.8. The Balaban J connectivity index is 1.24. The van der Waals surface area contributed by atoms with E-state index in [2.05, 4.69) is 20.6 Å². The quantitative estimate of drug-likeness (QED) is 0.150. The van der Waals surface area contributed by atoms with Crippen LogP contribution in [0.5, 0.6) is 0 Å². The van der Waals surface area contributed by atoms with Crippen LogP contribution in [-0.2, 0) is 23.8 Å². The number of pyridine rings is 1. The lowest BCUT2D eigenvalue weighted by Crippen LogP contribution is -2.51. The fourth-order valence-corrected chi connectivity index (χ4v) is 7.98. The third-order valence-corrected chi connectivity index (χ3v) is 11.1. The molecule has 1 aromatic carbocycles. The van der Waals surface area contributed by atoms with Gasteiger partial charge in [-0.2, -0.15) is 0 Å². The molecule has 5 heterocycles. The molecule has 2 aliphatic rings. The van der Waals surface area contributed by atoms with Crippen LogP contribution in [0, 0.1) is 11.8 Å². The summed E-state index contributed by atoms with van der Waals surface area (Å²) in [5, 5.41) is 5.30. The monoisotopic (exact) mass is 855 g/mol. The molecule has 2 aliphatic heterocycles. The molecule has 6 rings (SSSR count). The molecule has 4 amide bonds. The number of imidazole rings is 2. The summed E-state index contributed by atoms with van der Waals surface area (Å²) in [5.41, 5.74) is 1.38. The second-order valence-corrected chi connectivity index (χ2v) is 17.3. The number of methoxy groups -OCH3 is 2. The molecule has 18 heteroatoms. The summed E-state index contributed by atoms with van der Waals surface area (Å²) >= 11 is 0. The van der Waals surface area contributed by atoms with Crippen molar-refractivity contribution in [2.45, 2.75) is 104 Å². The van der Waals surface area contributed by atoms with Gasteiger partial charge in [-0.15, -0.1) is 0 Å². The number of likely N-dealkylation sites (tertiary alicyclic amines) is 2. The van der Waals surface area contributed by atoms with Gasteiger partial charge in [0.25, 0.3) is 5.56 Å². The highest BCUT2D eigenvalue weighted by atomic mass is 16.6. The fraction of sp³-hybridized carbons (Fsp3) is 0.500. The maximum absolute atomic E-state index is 13.9. The predicted molar refractivity (Wildman–Crippen MR) is 228 cm³/mol. The highest BCUT2D eigenvalue weighted by molar-refractivity contribution is 5.87. The average molecular weight is 856 g/mol. The zero-order valence-corrected chi connectivity index (χ0v) is 36.8. The van der Waals surface area contributed by atoms with Crippen LogP contribution < -0.4 is 16.2 Å². The summed E-state index contributed by atoms with van der Waals surface area (Å²) in [6.07, 6.45) is 5.40. The Morgan fingerprint density at radius 1 is 0.758 bits per heavy atom. The molecule has 4 aromatic rings.